The summed E-state index contributed by atoms with van der Waals surface area (Å²) in [6.07, 6.45) is 10.1. The van der Waals surface area contributed by atoms with Gasteiger partial charge in [0.25, 0.3) is 0 Å². The molecule has 0 bridgehead atoms. The van der Waals surface area contributed by atoms with Gasteiger partial charge >= 0.3 is 0 Å². The summed E-state index contributed by atoms with van der Waals surface area (Å²) in [6.45, 7) is 1.87. The number of nitrogens with zero attached hydrogens (tertiary/aromatic N) is 5. The molecule has 0 fully saturated rings. The van der Waals surface area contributed by atoms with E-state index in [1.807, 2.05) is 50.6 Å². The van der Waals surface area contributed by atoms with Crippen molar-refractivity contribution in [1.82, 2.24) is 24.4 Å². The number of nitrogens with one attached hydrogen (secondary N) is 1. The van der Waals surface area contributed by atoms with E-state index in [9.17, 15) is 4.79 Å². The van der Waals surface area contributed by atoms with Gasteiger partial charge in [0.2, 0.25) is 11.8 Å². The van der Waals surface area contributed by atoms with Crippen molar-refractivity contribution in [2.24, 2.45) is 7.05 Å². The third kappa shape index (κ3) is 4.04. The predicted molar refractivity (Wildman–Crippen MR) is 115 cm³/mol. The van der Waals surface area contributed by atoms with Crippen LogP contribution in [0.25, 0.3) is 16.8 Å². The number of aromatic nitrogens is 5. The molecular weight excluding hydrogens is 404 g/mol. The topological polar surface area (TPSA) is 86.3 Å². The maximum atomic E-state index is 12.0. The summed E-state index contributed by atoms with van der Waals surface area (Å²) in [6, 6.07) is 7.27. The number of ether oxygens (including phenoxy) is 1. The van der Waals surface area contributed by atoms with Crippen LogP contribution in [0.2, 0.25) is 0 Å². The van der Waals surface area contributed by atoms with Crippen LogP contribution in [0.5, 0.6) is 11.6 Å². The molecule has 1 aromatic carbocycles. The van der Waals surface area contributed by atoms with E-state index in [0.717, 1.165) is 16.6 Å². The number of hydrogen-bond donors (Lipinski definition) is 1. The molecule has 8 nitrogen and oxygen atoms in total. The molecule has 1 amide bonds. The lowest BCUT2D eigenvalue weighted by molar-refractivity contribution is -0.111. The molecule has 152 valence electrons. The van der Waals surface area contributed by atoms with E-state index in [1.165, 1.54) is 6.08 Å². The van der Waals surface area contributed by atoms with Gasteiger partial charge in [-0.25, -0.2) is 9.50 Å². The lowest BCUT2D eigenvalue weighted by Gasteiger charge is -2.13. The lowest BCUT2D eigenvalue weighted by Crippen LogP contribution is -2.09. The first-order chi connectivity index (χ1) is 14.5. The third-order valence-electron chi connectivity index (χ3n) is 4.46. The average molecular weight is 423 g/mol. The molecular formula is C21H19ClN6O2. The van der Waals surface area contributed by atoms with E-state index >= 15 is 0 Å². The number of hydrogen-bond acceptors (Lipinski definition) is 5. The second-order valence-electron chi connectivity index (χ2n) is 6.57. The zero-order valence-electron chi connectivity index (χ0n) is 16.4. The maximum Gasteiger partial charge on any atom is 0.248 e. The monoisotopic (exact) mass is 422 g/mol. The fraction of sp³-hybridized carbons (Fsp3) is 0.143. The van der Waals surface area contributed by atoms with Crippen molar-refractivity contribution in [3.8, 4) is 22.9 Å². The van der Waals surface area contributed by atoms with Crippen LogP contribution in [-0.4, -0.2) is 36.2 Å². The van der Waals surface area contributed by atoms with E-state index in [0.29, 0.717) is 23.0 Å². The zero-order chi connectivity index (χ0) is 21.1. The minimum Gasteiger partial charge on any atom is -0.437 e. The number of aryl methyl sites for hydroxylation is 1. The van der Waals surface area contributed by atoms with Crippen molar-refractivity contribution >= 4 is 28.7 Å². The second-order valence-corrected chi connectivity index (χ2v) is 6.88. The number of anilines is 1. The molecule has 0 unspecified atom stereocenters. The highest BCUT2D eigenvalue weighted by molar-refractivity contribution is 6.19. The molecule has 4 aromatic rings. The molecule has 9 heteroatoms. The van der Waals surface area contributed by atoms with Crippen LogP contribution in [0.15, 0.2) is 61.2 Å². The van der Waals surface area contributed by atoms with Crippen molar-refractivity contribution in [3.05, 3.63) is 66.8 Å². The number of benzene rings is 1. The number of carbonyl (C=O) groups is 1. The fourth-order valence-corrected chi connectivity index (χ4v) is 3.05. The predicted octanol–water partition coefficient (Wildman–Crippen LogP) is 3.96. The van der Waals surface area contributed by atoms with Gasteiger partial charge < -0.3 is 10.1 Å². The second kappa shape index (κ2) is 8.38. The van der Waals surface area contributed by atoms with Crippen LogP contribution < -0.4 is 10.1 Å². The van der Waals surface area contributed by atoms with Crippen LogP contribution in [0.3, 0.4) is 0 Å². The molecule has 30 heavy (non-hydrogen) atoms. The van der Waals surface area contributed by atoms with E-state index < -0.39 is 0 Å². The molecule has 0 aliphatic carbocycles. The summed E-state index contributed by atoms with van der Waals surface area (Å²) in [4.78, 5) is 16.7. The number of carbonyl (C=O) groups excluding carboxylic acids is 1. The maximum absolute atomic E-state index is 12.0. The van der Waals surface area contributed by atoms with E-state index in [1.54, 1.807) is 27.7 Å². The summed E-state index contributed by atoms with van der Waals surface area (Å²) < 4.78 is 9.58. The van der Waals surface area contributed by atoms with E-state index in [-0.39, 0.29) is 11.8 Å². The molecule has 3 aromatic heterocycles. The van der Waals surface area contributed by atoms with Crippen LogP contribution in [-0.2, 0) is 11.8 Å². The fourth-order valence-electron chi connectivity index (χ4n) is 2.96. The summed E-state index contributed by atoms with van der Waals surface area (Å²) >= 11 is 5.59. The molecule has 4 rings (SSSR count). The average Bonchev–Trinajstić information content (AvgIpc) is 3.38. The number of alkyl halides is 1. The Bertz CT molecular complexity index is 1240. The van der Waals surface area contributed by atoms with Gasteiger partial charge in [0.15, 0.2) is 0 Å². The first-order valence-corrected chi connectivity index (χ1v) is 9.73. The largest absolute Gasteiger partial charge is 0.437 e. The van der Waals surface area contributed by atoms with Crippen molar-refractivity contribution < 1.29 is 9.53 Å². The number of halogens is 1. The first-order valence-electron chi connectivity index (χ1n) is 9.19. The van der Waals surface area contributed by atoms with Gasteiger partial charge in [-0.3, -0.25) is 9.48 Å². The molecule has 0 aliphatic rings. The number of rotatable bonds is 6. The lowest BCUT2D eigenvalue weighted by atomic mass is 10.1. The van der Waals surface area contributed by atoms with Crippen LogP contribution in [0, 0.1) is 6.92 Å². The Morgan fingerprint density at radius 1 is 1.27 bits per heavy atom. The minimum absolute atomic E-state index is 0.259. The number of allylic oxidation sites excluding steroid dienone is 1. The Balaban J connectivity index is 1.69. The van der Waals surface area contributed by atoms with Crippen molar-refractivity contribution in [3.63, 3.8) is 0 Å². The number of amides is 1. The Morgan fingerprint density at radius 3 is 2.90 bits per heavy atom. The van der Waals surface area contributed by atoms with Gasteiger partial charge in [-0.2, -0.15) is 10.2 Å². The molecule has 0 atom stereocenters. The van der Waals surface area contributed by atoms with E-state index in [2.05, 4.69) is 20.5 Å². The van der Waals surface area contributed by atoms with Crippen LogP contribution in [0.1, 0.15) is 5.56 Å². The van der Waals surface area contributed by atoms with Gasteiger partial charge in [0, 0.05) is 42.0 Å². The number of fused-ring (bicyclic) bond motifs is 1. The van der Waals surface area contributed by atoms with Crippen LogP contribution in [0.4, 0.5) is 5.69 Å². The molecule has 0 aliphatic heterocycles. The Labute approximate surface area is 177 Å². The summed E-state index contributed by atoms with van der Waals surface area (Å²) in [5.41, 5.74) is 3.67. The highest BCUT2D eigenvalue weighted by atomic mass is 35.5. The van der Waals surface area contributed by atoms with Crippen molar-refractivity contribution in [2.45, 2.75) is 6.92 Å². The SMILES string of the molecule is Cc1c(NC(=O)/C=C/CCl)cccc1Oc1nc(-c2cnn(C)c2)cn2nccc12. The Hall–Kier alpha value is -3.65. The molecule has 0 spiro atoms. The van der Waals surface area contributed by atoms with Gasteiger partial charge in [-0.15, -0.1) is 11.6 Å². The normalized spacial score (nSPS) is 11.3. The third-order valence-corrected chi connectivity index (χ3v) is 4.64. The smallest absolute Gasteiger partial charge is 0.248 e. The molecule has 0 saturated heterocycles. The Morgan fingerprint density at radius 2 is 2.13 bits per heavy atom. The Kier molecular flexibility index (Phi) is 5.49. The standard InChI is InChI=1S/C21H19ClN6O2/c1-14-16(25-20(29)7-4-9-22)5-3-6-19(14)30-21-18-8-10-23-28(18)13-17(26-21)15-11-24-27(2)12-15/h3-8,10-13H,9H2,1-2H3,(H,25,29)/b7-4+. The summed E-state index contributed by atoms with van der Waals surface area (Å²) in [5, 5.41) is 11.3. The molecule has 3 heterocycles. The highest BCUT2D eigenvalue weighted by Crippen LogP contribution is 2.32. The quantitative estimate of drug-likeness (QED) is 0.375. The highest BCUT2D eigenvalue weighted by Gasteiger charge is 2.14. The van der Waals surface area contributed by atoms with Gasteiger partial charge in [0.05, 0.1) is 24.3 Å². The molecule has 0 radical (unpaired) electrons. The zero-order valence-corrected chi connectivity index (χ0v) is 17.2. The minimum atomic E-state index is -0.259. The van der Waals surface area contributed by atoms with Crippen LogP contribution >= 0.6 is 11.6 Å². The summed E-state index contributed by atoms with van der Waals surface area (Å²) in [7, 11) is 1.85. The summed E-state index contributed by atoms with van der Waals surface area (Å²) in [5.74, 6) is 0.997. The van der Waals surface area contributed by atoms with Crippen molar-refractivity contribution in [2.75, 3.05) is 11.2 Å². The van der Waals surface area contributed by atoms with Gasteiger partial charge in [-0.1, -0.05) is 12.1 Å². The molecule has 0 saturated carbocycles. The van der Waals surface area contributed by atoms with Gasteiger partial charge in [-0.05, 0) is 25.1 Å². The van der Waals surface area contributed by atoms with Gasteiger partial charge in [0.1, 0.15) is 11.3 Å². The van der Waals surface area contributed by atoms with Crippen molar-refractivity contribution in [1.29, 1.82) is 0 Å². The van der Waals surface area contributed by atoms with E-state index in [4.69, 9.17) is 16.3 Å². The first kappa shape index (κ1) is 19.7. The molecule has 1 N–H and O–H groups in total.